The summed E-state index contributed by atoms with van der Waals surface area (Å²) in [5.74, 6) is 0.396. The number of anilines is 1. The Morgan fingerprint density at radius 2 is 1.50 bits per heavy atom. The van der Waals surface area contributed by atoms with Crippen molar-refractivity contribution in [3.63, 3.8) is 0 Å². The van der Waals surface area contributed by atoms with E-state index < -0.39 is 10.0 Å². The number of rotatable bonds is 4. The van der Waals surface area contributed by atoms with Crippen molar-refractivity contribution in [2.45, 2.75) is 25.7 Å². The van der Waals surface area contributed by atoms with Crippen LogP contribution in [-0.4, -0.2) is 46.0 Å². The minimum Gasteiger partial charge on any atom is -0.495 e. The molecule has 2 aromatic carbocycles. The second-order valence-electron chi connectivity index (χ2n) is 6.84. The van der Waals surface area contributed by atoms with E-state index in [1.165, 1.54) is 23.9 Å². The van der Waals surface area contributed by atoms with E-state index in [0.717, 1.165) is 5.56 Å². The molecule has 2 aromatic rings. The van der Waals surface area contributed by atoms with E-state index in [9.17, 15) is 8.42 Å². The Morgan fingerprint density at radius 3 is 2.15 bits per heavy atom. The molecule has 0 aliphatic carbocycles. The summed E-state index contributed by atoms with van der Waals surface area (Å²) >= 11 is 0. The molecule has 1 saturated heterocycles. The third-order valence-corrected chi connectivity index (χ3v) is 6.80. The predicted molar refractivity (Wildman–Crippen MR) is 105 cm³/mol. The lowest BCUT2D eigenvalue weighted by Gasteiger charge is -2.36. The molecule has 1 heterocycles. The first kappa shape index (κ1) is 18.7. The smallest absolute Gasteiger partial charge is 0.246 e. The van der Waals surface area contributed by atoms with Crippen molar-refractivity contribution < 1.29 is 13.2 Å². The van der Waals surface area contributed by atoms with Crippen LogP contribution in [0.1, 0.15) is 16.7 Å². The molecule has 0 spiro atoms. The molecular formula is C20H26N2O3S. The van der Waals surface area contributed by atoms with E-state index in [2.05, 4.69) is 36.9 Å². The van der Waals surface area contributed by atoms with Crippen LogP contribution in [0.4, 0.5) is 5.69 Å². The van der Waals surface area contributed by atoms with E-state index in [-0.39, 0.29) is 4.90 Å². The first-order valence-electron chi connectivity index (χ1n) is 8.80. The van der Waals surface area contributed by atoms with Crippen LogP contribution in [0.2, 0.25) is 0 Å². The third kappa shape index (κ3) is 3.57. The average Bonchev–Trinajstić information content (AvgIpc) is 2.64. The molecule has 0 N–H and O–H groups in total. The van der Waals surface area contributed by atoms with Gasteiger partial charge in [0.2, 0.25) is 10.0 Å². The van der Waals surface area contributed by atoms with Gasteiger partial charge in [-0.3, -0.25) is 0 Å². The Balaban J connectivity index is 1.81. The highest BCUT2D eigenvalue weighted by Gasteiger charge is 2.31. The van der Waals surface area contributed by atoms with E-state index in [1.54, 1.807) is 16.4 Å². The topological polar surface area (TPSA) is 49.9 Å². The lowest BCUT2D eigenvalue weighted by atomic mass is 10.1. The van der Waals surface area contributed by atoms with Crippen LogP contribution in [0.25, 0.3) is 0 Å². The van der Waals surface area contributed by atoms with Crippen molar-refractivity contribution in [1.82, 2.24) is 4.31 Å². The van der Waals surface area contributed by atoms with Crippen LogP contribution < -0.4 is 9.64 Å². The average molecular weight is 375 g/mol. The van der Waals surface area contributed by atoms with Crippen molar-refractivity contribution in [3.05, 3.63) is 53.1 Å². The zero-order valence-corrected chi connectivity index (χ0v) is 16.6. The van der Waals surface area contributed by atoms with E-state index in [0.29, 0.717) is 31.9 Å². The number of aryl methyl sites for hydroxylation is 3. The Labute approximate surface area is 156 Å². The SMILES string of the molecule is COc1ccc(C)cc1S(=O)(=O)N1CCN(c2cc(C)ccc2C)CC1. The molecule has 3 rings (SSSR count). The van der Waals surface area contributed by atoms with Crippen molar-refractivity contribution in [2.24, 2.45) is 0 Å². The number of nitrogens with zero attached hydrogens (tertiary/aromatic N) is 2. The summed E-state index contributed by atoms with van der Waals surface area (Å²) in [4.78, 5) is 2.52. The lowest BCUT2D eigenvalue weighted by molar-refractivity contribution is 0.374. The fourth-order valence-corrected chi connectivity index (χ4v) is 5.02. The molecular weight excluding hydrogens is 348 g/mol. The lowest BCUT2D eigenvalue weighted by Crippen LogP contribution is -2.48. The summed E-state index contributed by atoms with van der Waals surface area (Å²) in [5, 5.41) is 0. The van der Waals surface area contributed by atoms with Crippen molar-refractivity contribution in [1.29, 1.82) is 0 Å². The van der Waals surface area contributed by atoms with Gasteiger partial charge in [-0.2, -0.15) is 4.31 Å². The third-order valence-electron chi connectivity index (χ3n) is 4.88. The van der Waals surface area contributed by atoms with Crippen LogP contribution in [0.15, 0.2) is 41.3 Å². The van der Waals surface area contributed by atoms with Gasteiger partial charge in [0.25, 0.3) is 0 Å². The summed E-state index contributed by atoms with van der Waals surface area (Å²) in [6.07, 6.45) is 0. The van der Waals surface area contributed by atoms with Crippen molar-refractivity contribution in [3.8, 4) is 5.75 Å². The van der Waals surface area contributed by atoms with Crippen LogP contribution >= 0.6 is 0 Å². The van der Waals surface area contributed by atoms with Crippen molar-refractivity contribution in [2.75, 3.05) is 38.2 Å². The maximum Gasteiger partial charge on any atom is 0.246 e. The normalized spacial score (nSPS) is 15.9. The molecule has 0 bridgehead atoms. The molecule has 1 fully saturated rings. The Kier molecular flexibility index (Phi) is 5.25. The van der Waals surface area contributed by atoms with Gasteiger partial charge in [-0.05, 0) is 55.7 Å². The number of ether oxygens (including phenoxy) is 1. The summed E-state index contributed by atoms with van der Waals surface area (Å²) in [7, 11) is -2.07. The van der Waals surface area contributed by atoms with Gasteiger partial charge in [0.15, 0.2) is 0 Å². The number of hydrogen-bond donors (Lipinski definition) is 0. The maximum atomic E-state index is 13.1. The highest BCUT2D eigenvalue weighted by atomic mass is 32.2. The number of piperazine rings is 1. The van der Waals surface area contributed by atoms with E-state index in [4.69, 9.17) is 4.74 Å². The first-order valence-corrected chi connectivity index (χ1v) is 10.2. The molecule has 1 aliphatic heterocycles. The Morgan fingerprint density at radius 1 is 0.885 bits per heavy atom. The molecule has 26 heavy (non-hydrogen) atoms. The Hall–Kier alpha value is -2.05. The molecule has 0 aromatic heterocycles. The summed E-state index contributed by atoms with van der Waals surface area (Å²) in [6.45, 7) is 8.34. The summed E-state index contributed by atoms with van der Waals surface area (Å²) in [5.41, 5.74) is 4.52. The van der Waals surface area contributed by atoms with Gasteiger partial charge in [0, 0.05) is 31.9 Å². The van der Waals surface area contributed by atoms with Crippen LogP contribution in [0, 0.1) is 20.8 Å². The molecule has 0 radical (unpaired) electrons. The van der Waals surface area contributed by atoms with Crippen LogP contribution in [-0.2, 0) is 10.0 Å². The molecule has 0 amide bonds. The predicted octanol–water partition coefficient (Wildman–Crippen LogP) is 3.13. The minimum atomic E-state index is -3.57. The van der Waals surface area contributed by atoms with Gasteiger partial charge in [-0.15, -0.1) is 0 Å². The first-order chi connectivity index (χ1) is 12.3. The van der Waals surface area contributed by atoms with Gasteiger partial charge in [-0.1, -0.05) is 18.2 Å². The van der Waals surface area contributed by atoms with Gasteiger partial charge in [-0.25, -0.2) is 8.42 Å². The van der Waals surface area contributed by atoms with Crippen LogP contribution in [0.3, 0.4) is 0 Å². The molecule has 0 saturated carbocycles. The van der Waals surface area contributed by atoms with Gasteiger partial charge in [0.05, 0.1) is 7.11 Å². The molecule has 5 nitrogen and oxygen atoms in total. The second kappa shape index (κ2) is 7.29. The van der Waals surface area contributed by atoms with Crippen molar-refractivity contribution >= 4 is 15.7 Å². The Bertz CT molecular complexity index is 901. The maximum absolute atomic E-state index is 13.1. The van der Waals surface area contributed by atoms with E-state index >= 15 is 0 Å². The molecule has 140 valence electrons. The summed E-state index contributed by atoms with van der Waals surface area (Å²) < 4.78 is 33.1. The number of benzene rings is 2. The molecule has 0 atom stereocenters. The van der Waals surface area contributed by atoms with Gasteiger partial charge < -0.3 is 9.64 Å². The zero-order chi connectivity index (χ0) is 18.9. The monoisotopic (exact) mass is 374 g/mol. The number of hydrogen-bond acceptors (Lipinski definition) is 4. The molecule has 0 unspecified atom stereocenters. The quantitative estimate of drug-likeness (QED) is 0.825. The molecule has 6 heteroatoms. The second-order valence-corrected chi connectivity index (χ2v) is 8.74. The highest BCUT2D eigenvalue weighted by Crippen LogP contribution is 2.29. The van der Waals surface area contributed by atoms with Gasteiger partial charge >= 0.3 is 0 Å². The zero-order valence-electron chi connectivity index (χ0n) is 15.8. The number of sulfonamides is 1. The minimum absolute atomic E-state index is 0.250. The van der Waals surface area contributed by atoms with E-state index in [1.807, 2.05) is 13.0 Å². The largest absolute Gasteiger partial charge is 0.495 e. The standard InChI is InChI=1S/C20H26N2O3S/c1-15-5-7-17(3)18(13-15)21-9-11-22(12-10-21)26(23,24)20-14-16(2)6-8-19(20)25-4/h5-8,13-14H,9-12H2,1-4H3. The van der Waals surface area contributed by atoms with Gasteiger partial charge in [0.1, 0.15) is 10.6 Å². The highest BCUT2D eigenvalue weighted by molar-refractivity contribution is 7.89. The molecule has 1 aliphatic rings. The van der Waals surface area contributed by atoms with Crippen LogP contribution in [0.5, 0.6) is 5.75 Å². The fourth-order valence-electron chi connectivity index (χ4n) is 3.35. The number of methoxy groups -OCH3 is 1. The summed E-state index contributed by atoms with van der Waals surface area (Å²) in [6, 6.07) is 11.6. The fraction of sp³-hybridized carbons (Fsp3) is 0.400.